The number of hydrogen-bond acceptors (Lipinski definition) is 4. The van der Waals surface area contributed by atoms with Crippen LogP contribution >= 0.6 is 23.2 Å². The van der Waals surface area contributed by atoms with E-state index in [1.54, 1.807) is 18.2 Å². The first-order valence-electron chi connectivity index (χ1n) is 8.75. The Hall–Kier alpha value is -2.93. The summed E-state index contributed by atoms with van der Waals surface area (Å²) in [6, 6.07) is 15.4. The summed E-state index contributed by atoms with van der Waals surface area (Å²) in [5, 5.41) is 6.12. The van der Waals surface area contributed by atoms with Crippen molar-refractivity contribution in [3.8, 4) is 0 Å². The number of pyridine rings is 1. The van der Waals surface area contributed by atoms with Gasteiger partial charge in [0.2, 0.25) is 0 Å². The largest absolute Gasteiger partial charge is 0.348 e. The molecule has 2 amide bonds. The van der Waals surface area contributed by atoms with Gasteiger partial charge in [0.25, 0.3) is 11.8 Å². The highest BCUT2D eigenvalue weighted by Gasteiger charge is 2.13. The summed E-state index contributed by atoms with van der Waals surface area (Å²) in [5.41, 5.74) is 8.58. The summed E-state index contributed by atoms with van der Waals surface area (Å²) in [7, 11) is 0. The molecule has 0 aliphatic heterocycles. The lowest BCUT2D eigenvalue weighted by molar-refractivity contribution is 0.0949. The van der Waals surface area contributed by atoms with Crippen molar-refractivity contribution in [3.63, 3.8) is 0 Å². The summed E-state index contributed by atoms with van der Waals surface area (Å²) in [4.78, 5) is 28.7. The maximum atomic E-state index is 12.5. The maximum absolute atomic E-state index is 12.5. The van der Waals surface area contributed by atoms with Gasteiger partial charge in [-0.25, -0.2) is 4.98 Å². The minimum absolute atomic E-state index is 0.284. The molecule has 0 atom stereocenters. The van der Waals surface area contributed by atoms with E-state index in [-0.39, 0.29) is 11.1 Å². The minimum Gasteiger partial charge on any atom is -0.348 e. The van der Waals surface area contributed by atoms with Crippen molar-refractivity contribution in [2.24, 2.45) is 5.73 Å². The van der Waals surface area contributed by atoms with Crippen LogP contribution in [0.25, 0.3) is 0 Å². The van der Waals surface area contributed by atoms with Gasteiger partial charge in [-0.3, -0.25) is 9.59 Å². The van der Waals surface area contributed by atoms with Gasteiger partial charge in [0.15, 0.2) is 0 Å². The van der Waals surface area contributed by atoms with E-state index in [2.05, 4.69) is 15.6 Å². The fourth-order valence-electron chi connectivity index (χ4n) is 2.54. The van der Waals surface area contributed by atoms with Crippen molar-refractivity contribution in [1.29, 1.82) is 0 Å². The number of nitrogens with zero attached hydrogens (tertiary/aromatic N) is 1. The van der Waals surface area contributed by atoms with Crippen molar-refractivity contribution in [2.75, 3.05) is 5.32 Å². The molecular weight excluding hydrogens is 411 g/mol. The van der Waals surface area contributed by atoms with E-state index in [1.807, 2.05) is 24.3 Å². The molecule has 0 aliphatic rings. The van der Waals surface area contributed by atoms with E-state index in [0.29, 0.717) is 34.9 Å². The lowest BCUT2D eigenvalue weighted by Crippen LogP contribution is -2.23. The molecule has 0 aliphatic carbocycles. The highest BCUT2D eigenvalue weighted by atomic mass is 35.5. The van der Waals surface area contributed by atoms with Crippen LogP contribution in [0.4, 0.5) is 5.69 Å². The number of halogens is 2. The van der Waals surface area contributed by atoms with Gasteiger partial charge in [0.05, 0.1) is 16.3 Å². The Morgan fingerprint density at radius 1 is 0.897 bits per heavy atom. The van der Waals surface area contributed by atoms with Crippen LogP contribution in [0.1, 0.15) is 31.8 Å². The topological polar surface area (TPSA) is 97.1 Å². The lowest BCUT2D eigenvalue weighted by Gasteiger charge is -2.10. The standard InChI is InChI=1S/C21H18Cl2N4O2/c22-17-7-5-15(20(28)26-11-14-3-1-13(10-24)2-4-14)9-18(17)27-21(29)16-6-8-19(23)25-12-16/h1-9,12H,10-11,24H2,(H,26,28)(H,27,29). The van der Waals surface area contributed by atoms with Crippen LogP contribution in [-0.2, 0) is 13.1 Å². The van der Waals surface area contributed by atoms with Gasteiger partial charge in [0, 0.05) is 24.8 Å². The van der Waals surface area contributed by atoms with E-state index in [4.69, 9.17) is 28.9 Å². The highest BCUT2D eigenvalue weighted by molar-refractivity contribution is 6.34. The lowest BCUT2D eigenvalue weighted by atomic mass is 10.1. The van der Waals surface area contributed by atoms with Crippen molar-refractivity contribution in [3.05, 3.63) is 93.2 Å². The van der Waals surface area contributed by atoms with Gasteiger partial charge in [-0.1, -0.05) is 47.5 Å². The molecule has 8 heteroatoms. The minimum atomic E-state index is -0.409. The van der Waals surface area contributed by atoms with Crippen molar-refractivity contribution in [2.45, 2.75) is 13.1 Å². The number of nitrogens with one attached hydrogen (secondary N) is 2. The Balaban J connectivity index is 1.67. The first kappa shape index (κ1) is 20.8. The number of carbonyl (C=O) groups is 2. The first-order chi connectivity index (χ1) is 14.0. The van der Waals surface area contributed by atoms with Gasteiger partial charge in [-0.05, 0) is 41.5 Å². The second kappa shape index (κ2) is 9.52. The Labute approximate surface area is 178 Å². The van der Waals surface area contributed by atoms with E-state index in [1.165, 1.54) is 18.3 Å². The molecule has 2 aromatic carbocycles. The Kier molecular flexibility index (Phi) is 6.82. The molecule has 3 rings (SSSR count). The molecule has 148 valence electrons. The second-order valence-corrected chi connectivity index (χ2v) is 7.02. The fraction of sp³-hybridized carbons (Fsp3) is 0.0952. The molecule has 3 aromatic rings. The molecule has 0 saturated carbocycles. The normalized spacial score (nSPS) is 10.4. The average Bonchev–Trinajstić information content (AvgIpc) is 2.74. The Morgan fingerprint density at radius 2 is 1.59 bits per heavy atom. The third-order valence-corrected chi connectivity index (χ3v) is 4.73. The zero-order chi connectivity index (χ0) is 20.8. The van der Waals surface area contributed by atoms with Gasteiger partial charge >= 0.3 is 0 Å². The van der Waals surface area contributed by atoms with Crippen molar-refractivity contribution in [1.82, 2.24) is 10.3 Å². The number of nitrogens with two attached hydrogens (primary N) is 1. The number of aromatic nitrogens is 1. The molecule has 0 saturated heterocycles. The number of anilines is 1. The SMILES string of the molecule is NCc1ccc(CNC(=O)c2ccc(Cl)c(NC(=O)c3ccc(Cl)nc3)c2)cc1. The summed E-state index contributed by atoms with van der Waals surface area (Å²) < 4.78 is 0. The number of benzene rings is 2. The van der Waals surface area contributed by atoms with Crippen LogP contribution in [0.5, 0.6) is 0 Å². The molecule has 0 radical (unpaired) electrons. The summed E-state index contributed by atoms with van der Waals surface area (Å²) in [6.45, 7) is 0.836. The average molecular weight is 429 g/mol. The zero-order valence-electron chi connectivity index (χ0n) is 15.3. The number of hydrogen-bond donors (Lipinski definition) is 3. The number of carbonyl (C=O) groups excluding carboxylic acids is 2. The molecule has 0 fully saturated rings. The number of amides is 2. The fourth-order valence-corrected chi connectivity index (χ4v) is 2.82. The van der Waals surface area contributed by atoms with Crippen LogP contribution in [0.2, 0.25) is 10.2 Å². The molecular formula is C21H18Cl2N4O2. The Bertz CT molecular complexity index is 1020. The third kappa shape index (κ3) is 5.54. The molecule has 1 heterocycles. The van der Waals surface area contributed by atoms with E-state index < -0.39 is 5.91 Å². The van der Waals surface area contributed by atoms with Crippen molar-refractivity contribution < 1.29 is 9.59 Å². The Morgan fingerprint density at radius 3 is 2.24 bits per heavy atom. The molecule has 0 unspecified atom stereocenters. The molecule has 0 bridgehead atoms. The van der Waals surface area contributed by atoms with E-state index >= 15 is 0 Å². The van der Waals surface area contributed by atoms with Crippen molar-refractivity contribution >= 4 is 40.7 Å². The van der Waals surface area contributed by atoms with Crippen LogP contribution in [-0.4, -0.2) is 16.8 Å². The predicted molar refractivity (Wildman–Crippen MR) is 114 cm³/mol. The summed E-state index contributed by atoms with van der Waals surface area (Å²) in [6.07, 6.45) is 1.36. The third-order valence-electron chi connectivity index (χ3n) is 4.18. The highest BCUT2D eigenvalue weighted by Crippen LogP contribution is 2.24. The monoisotopic (exact) mass is 428 g/mol. The van der Waals surface area contributed by atoms with Gasteiger partial charge in [0.1, 0.15) is 5.15 Å². The molecule has 1 aromatic heterocycles. The second-order valence-electron chi connectivity index (χ2n) is 6.22. The molecule has 0 spiro atoms. The smallest absolute Gasteiger partial charge is 0.257 e. The zero-order valence-corrected chi connectivity index (χ0v) is 16.8. The maximum Gasteiger partial charge on any atom is 0.257 e. The van der Waals surface area contributed by atoms with Crippen LogP contribution in [0.3, 0.4) is 0 Å². The predicted octanol–water partition coefficient (Wildman–Crippen LogP) is 4.03. The van der Waals surface area contributed by atoms with Gasteiger partial charge in [-0.2, -0.15) is 0 Å². The molecule has 29 heavy (non-hydrogen) atoms. The van der Waals surface area contributed by atoms with Gasteiger partial charge in [-0.15, -0.1) is 0 Å². The molecule has 4 N–H and O–H groups in total. The summed E-state index contributed by atoms with van der Waals surface area (Å²) >= 11 is 11.9. The quantitative estimate of drug-likeness (QED) is 0.516. The van der Waals surface area contributed by atoms with E-state index in [9.17, 15) is 9.59 Å². The van der Waals surface area contributed by atoms with E-state index in [0.717, 1.165) is 11.1 Å². The first-order valence-corrected chi connectivity index (χ1v) is 9.50. The van der Waals surface area contributed by atoms with Crippen LogP contribution in [0.15, 0.2) is 60.8 Å². The summed E-state index contributed by atoms with van der Waals surface area (Å²) in [5.74, 6) is -0.693. The number of rotatable bonds is 6. The molecule has 6 nitrogen and oxygen atoms in total. The van der Waals surface area contributed by atoms with Crippen LogP contribution in [0, 0.1) is 0 Å². The van der Waals surface area contributed by atoms with Gasteiger partial charge < -0.3 is 16.4 Å². The van der Waals surface area contributed by atoms with Crippen LogP contribution < -0.4 is 16.4 Å².